The van der Waals surface area contributed by atoms with Gasteiger partial charge in [-0.25, -0.2) is 0 Å². The molecule has 0 fully saturated rings. The number of ether oxygens (including phenoxy) is 2. The maximum absolute atomic E-state index is 12.6. The summed E-state index contributed by atoms with van der Waals surface area (Å²) in [6.07, 6.45) is 3.31. The van der Waals surface area contributed by atoms with Crippen LogP contribution in [0.1, 0.15) is 49.2 Å². The van der Waals surface area contributed by atoms with Crippen LogP contribution in [0.2, 0.25) is 0 Å². The van der Waals surface area contributed by atoms with Crippen LogP contribution in [0.25, 0.3) is 6.08 Å². The minimum Gasteiger partial charge on any atom is -0.490 e. The zero-order chi connectivity index (χ0) is 25.2. The lowest BCUT2D eigenvalue weighted by molar-refractivity contribution is -0.112. The molecule has 182 valence electrons. The van der Waals surface area contributed by atoms with Crippen LogP contribution in [0.4, 0.5) is 5.13 Å². The number of aromatic nitrogens is 2. The molecule has 35 heavy (non-hydrogen) atoms. The lowest BCUT2D eigenvalue weighted by atomic mass is 9.99. The van der Waals surface area contributed by atoms with E-state index in [9.17, 15) is 10.1 Å². The number of carbonyl (C=O) groups excluding carboxylic acids is 1. The number of hydrogen-bond donors (Lipinski definition) is 1. The van der Waals surface area contributed by atoms with Crippen LogP contribution in [-0.4, -0.2) is 29.3 Å². The van der Waals surface area contributed by atoms with Gasteiger partial charge in [-0.2, -0.15) is 5.26 Å². The molecular formula is C26H27BrN4O3S. The molecule has 1 heterocycles. The molecule has 2 aromatic carbocycles. The van der Waals surface area contributed by atoms with E-state index in [1.165, 1.54) is 23.0 Å². The predicted octanol–water partition coefficient (Wildman–Crippen LogP) is 6.38. The third kappa shape index (κ3) is 7.64. The number of nitriles is 1. The van der Waals surface area contributed by atoms with Gasteiger partial charge in [0.2, 0.25) is 5.13 Å². The van der Waals surface area contributed by atoms with Gasteiger partial charge in [-0.3, -0.25) is 10.1 Å². The number of rotatable bonds is 11. The zero-order valence-corrected chi connectivity index (χ0v) is 22.3. The predicted molar refractivity (Wildman–Crippen MR) is 142 cm³/mol. The molecule has 1 aromatic heterocycles. The number of nitrogens with zero attached hydrogens (tertiary/aromatic N) is 3. The Kier molecular flexibility index (Phi) is 9.82. The summed E-state index contributed by atoms with van der Waals surface area (Å²) < 4.78 is 12.5. The third-order valence-electron chi connectivity index (χ3n) is 5.30. The first-order valence-electron chi connectivity index (χ1n) is 11.3. The summed E-state index contributed by atoms with van der Waals surface area (Å²) in [4.78, 5) is 12.6. The Hall–Kier alpha value is -3.22. The molecule has 9 heteroatoms. The van der Waals surface area contributed by atoms with Gasteiger partial charge in [-0.05, 0) is 60.7 Å². The quantitative estimate of drug-likeness (QED) is 0.168. The van der Waals surface area contributed by atoms with Crippen molar-refractivity contribution in [2.75, 3.05) is 18.5 Å². The molecule has 0 spiro atoms. The molecule has 1 atom stereocenters. The van der Waals surface area contributed by atoms with Crippen LogP contribution < -0.4 is 14.8 Å². The van der Waals surface area contributed by atoms with E-state index in [2.05, 4.69) is 57.4 Å². The van der Waals surface area contributed by atoms with Gasteiger partial charge in [-0.15, -0.1) is 10.2 Å². The van der Waals surface area contributed by atoms with Gasteiger partial charge in [0.1, 0.15) is 41.4 Å². The molecule has 1 unspecified atom stereocenters. The van der Waals surface area contributed by atoms with E-state index in [1.54, 1.807) is 12.1 Å². The highest BCUT2D eigenvalue weighted by atomic mass is 79.9. The van der Waals surface area contributed by atoms with Crippen LogP contribution in [0.15, 0.2) is 52.5 Å². The molecule has 0 saturated carbocycles. The van der Waals surface area contributed by atoms with Gasteiger partial charge in [0.15, 0.2) is 0 Å². The largest absolute Gasteiger partial charge is 0.490 e. The molecule has 3 rings (SSSR count). The van der Waals surface area contributed by atoms with E-state index in [0.717, 1.165) is 28.1 Å². The standard InChI is InChI=1S/C26H27BrN4O3S/c1-4-17(3)18-6-9-22(10-7-18)33-12-13-34-23-11-8-21(27)15-19(23)14-20(16-28)25(32)29-26-31-30-24(5-2)35-26/h6-11,14-15,17H,4-5,12-13H2,1-3H3,(H,29,31,32)/b20-14-. The summed E-state index contributed by atoms with van der Waals surface area (Å²) >= 11 is 4.71. The lowest BCUT2D eigenvalue weighted by Gasteiger charge is -2.13. The summed E-state index contributed by atoms with van der Waals surface area (Å²) in [5.41, 5.74) is 1.81. The van der Waals surface area contributed by atoms with Crippen molar-refractivity contribution in [1.29, 1.82) is 5.26 Å². The highest BCUT2D eigenvalue weighted by molar-refractivity contribution is 9.10. The Labute approximate surface area is 217 Å². The second-order valence-corrected chi connectivity index (χ2v) is 9.71. The number of aryl methyl sites for hydroxylation is 1. The van der Waals surface area contributed by atoms with E-state index in [1.807, 2.05) is 31.2 Å². The topological polar surface area (TPSA) is 97.1 Å². The SMILES string of the molecule is CCc1nnc(NC(=O)/C(C#N)=C\c2cc(Br)ccc2OCCOc2ccc(C(C)CC)cc2)s1. The molecule has 0 aliphatic rings. The van der Waals surface area contributed by atoms with E-state index >= 15 is 0 Å². The highest BCUT2D eigenvalue weighted by Gasteiger charge is 2.14. The summed E-state index contributed by atoms with van der Waals surface area (Å²) in [5, 5.41) is 21.3. The first-order chi connectivity index (χ1) is 16.9. The van der Waals surface area contributed by atoms with Crippen LogP contribution in [0.5, 0.6) is 11.5 Å². The van der Waals surface area contributed by atoms with Gasteiger partial charge < -0.3 is 9.47 Å². The van der Waals surface area contributed by atoms with Crippen molar-refractivity contribution < 1.29 is 14.3 Å². The second kappa shape index (κ2) is 13.0. The number of amides is 1. The molecule has 0 radical (unpaired) electrons. The molecule has 7 nitrogen and oxygen atoms in total. The van der Waals surface area contributed by atoms with Gasteiger partial charge in [0.25, 0.3) is 5.91 Å². The van der Waals surface area contributed by atoms with Crippen molar-refractivity contribution in [3.8, 4) is 17.6 Å². The van der Waals surface area contributed by atoms with Crippen molar-refractivity contribution in [3.05, 3.63) is 68.6 Å². The molecule has 3 aromatic rings. The Morgan fingerprint density at radius 1 is 1.17 bits per heavy atom. The highest BCUT2D eigenvalue weighted by Crippen LogP contribution is 2.27. The minimum atomic E-state index is -0.554. The lowest BCUT2D eigenvalue weighted by Crippen LogP contribution is -2.13. The average molecular weight is 555 g/mol. The fourth-order valence-electron chi connectivity index (χ4n) is 3.12. The first kappa shape index (κ1) is 26.4. The number of hydrogen-bond acceptors (Lipinski definition) is 7. The van der Waals surface area contributed by atoms with Crippen LogP contribution >= 0.6 is 27.3 Å². The molecular weight excluding hydrogens is 528 g/mol. The van der Waals surface area contributed by atoms with E-state index < -0.39 is 5.91 Å². The number of benzene rings is 2. The first-order valence-corrected chi connectivity index (χ1v) is 12.9. The summed E-state index contributed by atoms with van der Waals surface area (Å²) in [6.45, 7) is 6.98. The normalized spacial score (nSPS) is 12.0. The van der Waals surface area contributed by atoms with Crippen molar-refractivity contribution in [3.63, 3.8) is 0 Å². The van der Waals surface area contributed by atoms with Gasteiger partial charge in [0, 0.05) is 10.0 Å². The van der Waals surface area contributed by atoms with Crippen molar-refractivity contribution in [2.24, 2.45) is 0 Å². The second-order valence-electron chi connectivity index (χ2n) is 7.74. The summed E-state index contributed by atoms with van der Waals surface area (Å²) in [7, 11) is 0. The Morgan fingerprint density at radius 3 is 2.57 bits per heavy atom. The Balaban J connectivity index is 1.63. The molecule has 0 bridgehead atoms. The molecule has 1 N–H and O–H groups in total. The maximum Gasteiger partial charge on any atom is 0.268 e. The number of nitrogens with one attached hydrogen (secondary N) is 1. The summed E-state index contributed by atoms with van der Waals surface area (Å²) in [6, 6.07) is 15.5. The fourth-order valence-corrected chi connectivity index (χ4v) is 4.17. The van der Waals surface area contributed by atoms with Crippen molar-refractivity contribution in [2.45, 2.75) is 39.5 Å². The van der Waals surface area contributed by atoms with E-state index in [0.29, 0.717) is 35.6 Å². The monoisotopic (exact) mass is 554 g/mol. The fraction of sp³-hybridized carbons (Fsp3) is 0.308. The van der Waals surface area contributed by atoms with Gasteiger partial charge >= 0.3 is 0 Å². The molecule has 0 saturated heterocycles. The van der Waals surface area contributed by atoms with E-state index in [4.69, 9.17) is 9.47 Å². The van der Waals surface area contributed by atoms with Crippen molar-refractivity contribution in [1.82, 2.24) is 10.2 Å². The third-order valence-corrected chi connectivity index (χ3v) is 6.77. The Morgan fingerprint density at radius 2 is 1.91 bits per heavy atom. The number of anilines is 1. The molecule has 0 aliphatic heterocycles. The van der Waals surface area contributed by atoms with Gasteiger partial charge in [-0.1, -0.05) is 60.2 Å². The molecule has 0 aliphatic carbocycles. The summed E-state index contributed by atoms with van der Waals surface area (Å²) in [5.74, 6) is 1.28. The smallest absolute Gasteiger partial charge is 0.268 e. The molecule has 1 amide bonds. The van der Waals surface area contributed by atoms with Crippen LogP contribution in [0, 0.1) is 11.3 Å². The Bertz CT molecular complexity index is 1220. The number of halogens is 1. The average Bonchev–Trinajstić information content (AvgIpc) is 3.33. The maximum atomic E-state index is 12.6. The van der Waals surface area contributed by atoms with Crippen LogP contribution in [-0.2, 0) is 11.2 Å². The van der Waals surface area contributed by atoms with Crippen LogP contribution in [0.3, 0.4) is 0 Å². The van der Waals surface area contributed by atoms with Crippen molar-refractivity contribution >= 4 is 44.4 Å². The zero-order valence-electron chi connectivity index (χ0n) is 19.9. The van der Waals surface area contributed by atoms with E-state index in [-0.39, 0.29) is 5.57 Å². The van der Waals surface area contributed by atoms with Gasteiger partial charge in [0.05, 0.1) is 0 Å². The minimum absolute atomic E-state index is 0.0705. The number of carbonyl (C=O) groups is 1.